The Bertz CT molecular complexity index is 1090. The molecule has 1 spiro atoms. The lowest BCUT2D eigenvalue weighted by atomic mass is 9.50. The van der Waals surface area contributed by atoms with Gasteiger partial charge in [-0.15, -0.1) is 0 Å². The SMILES string of the molecule is CC1CC=CC2C3OC3(C)C(C)C3C(Cc4ccccc4)NC(=O)C23C(O)C2OC2C(C)(O)C1=O. The number of rotatable bonds is 2. The summed E-state index contributed by atoms with van der Waals surface area (Å²) in [7, 11) is 0. The van der Waals surface area contributed by atoms with Gasteiger partial charge in [0, 0.05) is 23.8 Å². The van der Waals surface area contributed by atoms with E-state index in [0.717, 1.165) is 5.56 Å². The Kier molecular flexibility index (Phi) is 4.99. The topological polar surface area (TPSA) is 112 Å². The van der Waals surface area contributed by atoms with E-state index < -0.39 is 35.2 Å². The number of amides is 1. The molecule has 6 rings (SSSR count). The molecule has 7 nitrogen and oxygen atoms in total. The fraction of sp³-hybridized carbons (Fsp3) is 0.643. The van der Waals surface area contributed by atoms with Crippen LogP contribution in [0.5, 0.6) is 0 Å². The Morgan fingerprint density at radius 3 is 2.54 bits per heavy atom. The summed E-state index contributed by atoms with van der Waals surface area (Å²) < 4.78 is 12.1. The molecule has 188 valence electrons. The largest absolute Gasteiger partial charge is 0.389 e. The van der Waals surface area contributed by atoms with E-state index in [0.29, 0.717) is 12.8 Å². The molecule has 12 atom stereocenters. The smallest absolute Gasteiger partial charge is 0.230 e. The number of carbonyl (C=O) groups is 2. The van der Waals surface area contributed by atoms with Crippen LogP contribution in [-0.4, -0.2) is 63.6 Å². The minimum Gasteiger partial charge on any atom is -0.389 e. The third-order valence-corrected chi connectivity index (χ3v) is 9.86. The van der Waals surface area contributed by atoms with Crippen LogP contribution in [-0.2, 0) is 25.5 Å². The van der Waals surface area contributed by atoms with Gasteiger partial charge >= 0.3 is 0 Å². The first-order valence-corrected chi connectivity index (χ1v) is 12.8. The summed E-state index contributed by atoms with van der Waals surface area (Å²) in [4.78, 5) is 27.1. The molecule has 0 aromatic heterocycles. The van der Waals surface area contributed by atoms with Crippen LogP contribution < -0.4 is 5.32 Å². The van der Waals surface area contributed by atoms with E-state index in [9.17, 15) is 19.8 Å². The van der Waals surface area contributed by atoms with Gasteiger partial charge in [0.05, 0.1) is 23.2 Å². The highest BCUT2D eigenvalue weighted by Crippen LogP contribution is 2.68. The number of Topliss-reactive ketones (excluding diaryl/α,β-unsaturated/α-hetero) is 1. The van der Waals surface area contributed by atoms with Crippen molar-refractivity contribution in [1.82, 2.24) is 5.32 Å². The van der Waals surface area contributed by atoms with Crippen molar-refractivity contribution in [3.05, 3.63) is 48.0 Å². The molecule has 3 aliphatic heterocycles. The molecule has 0 bridgehead atoms. The number of allylic oxidation sites excluding steroid dienone is 1. The summed E-state index contributed by atoms with van der Waals surface area (Å²) in [6.07, 6.45) is 1.98. The highest BCUT2D eigenvalue weighted by atomic mass is 16.6. The predicted molar refractivity (Wildman–Crippen MR) is 127 cm³/mol. The second-order valence-electron chi connectivity index (χ2n) is 11.8. The van der Waals surface area contributed by atoms with Gasteiger partial charge in [0.25, 0.3) is 0 Å². The van der Waals surface area contributed by atoms with Crippen LogP contribution in [0.1, 0.15) is 39.7 Å². The predicted octanol–water partition coefficient (Wildman–Crippen LogP) is 1.80. The van der Waals surface area contributed by atoms with Gasteiger partial charge in [0.2, 0.25) is 5.91 Å². The number of nitrogens with one attached hydrogen (secondary N) is 1. The molecule has 1 aromatic rings. The fourth-order valence-corrected chi connectivity index (χ4v) is 7.74. The number of benzene rings is 1. The maximum atomic E-state index is 14.0. The van der Waals surface area contributed by atoms with Gasteiger partial charge in [-0.3, -0.25) is 9.59 Å². The molecule has 12 unspecified atom stereocenters. The number of hydrogen-bond donors (Lipinski definition) is 3. The molecular formula is C28H35NO6. The van der Waals surface area contributed by atoms with Crippen molar-refractivity contribution in [3.63, 3.8) is 0 Å². The van der Waals surface area contributed by atoms with E-state index in [-0.39, 0.29) is 47.2 Å². The first-order chi connectivity index (χ1) is 16.5. The van der Waals surface area contributed by atoms with Crippen molar-refractivity contribution in [1.29, 1.82) is 0 Å². The highest BCUT2D eigenvalue weighted by molar-refractivity contribution is 5.91. The molecule has 3 heterocycles. The Balaban J connectivity index is 1.47. The number of hydrogen-bond acceptors (Lipinski definition) is 6. The van der Waals surface area contributed by atoms with E-state index in [1.807, 2.05) is 30.4 Å². The third kappa shape index (κ3) is 3.05. The van der Waals surface area contributed by atoms with Crippen molar-refractivity contribution in [2.24, 2.45) is 29.1 Å². The Morgan fingerprint density at radius 2 is 1.83 bits per heavy atom. The van der Waals surface area contributed by atoms with Gasteiger partial charge in [-0.25, -0.2) is 0 Å². The summed E-state index contributed by atoms with van der Waals surface area (Å²) >= 11 is 0. The minimum atomic E-state index is -1.73. The number of ether oxygens (including phenoxy) is 2. The van der Waals surface area contributed by atoms with E-state index in [1.54, 1.807) is 6.92 Å². The highest BCUT2D eigenvalue weighted by Gasteiger charge is 2.80. The van der Waals surface area contributed by atoms with Crippen LogP contribution in [0.2, 0.25) is 0 Å². The molecule has 5 aliphatic rings. The standard InChI is InChI=1S/C28H35NO6/c1-14-9-8-12-17-23-27(4,35-23)15(2)19-18(13-16-10-6-5-7-11-16)29-25(32)28(17,19)22(31)20-24(34-20)26(3,33)21(14)30/h5-8,10-12,14-15,17-20,22-24,31,33H,9,13H2,1-4H3,(H,29,32). The van der Waals surface area contributed by atoms with Gasteiger partial charge in [0.1, 0.15) is 17.8 Å². The van der Waals surface area contributed by atoms with Crippen molar-refractivity contribution in [3.8, 4) is 0 Å². The van der Waals surface area contributed by atoms with Crippen LogP contribution in [0.3, 0.4) is 0 Å². The molecule has 7 heteroatoms. The molecule has 35 heavy (non-hydrogen) atoms. The van der Waals surface area contributed by atoms with Gasteiger partial charge in [-0.2, -0.15) is 0 Å². The lowest BCUT2D eigenvalue weighted by Crippen LogP contribution is -2.61. The Hall–Kier alpha value is -2.06. The summed E-state index contributed by atoms with van der Waals surface area (Å²) in [5.74, 6) is -1.48. The summed E-state index contributed by atoms with van der Waals surface area (Å²) in [6.45, 7) is 7.49. The lowest BCUT2D eigenvalue weighted by molar-refractivity contribution is -0.148. The Labute approximate surface area is 205 Å². The second-order valence-corrected chi connectivity index (χ2v) is 11.8. The summed E-state index contributed by atoms with van der Waals surface area (Å²) in [6, 6.07) is 9.87. The maximum absolute atomic E-state index is 14.0. The third-order valence-electron chi connectivity index (χ3n) is 9.86. The molecular weight excluding hydrogens is 446 g/mol. The zero-order chi connectivity index (χ0) is 24.9. The van der Waals surface area contributed by atoms with E-state index in [4.69, 9.17) is 9.47 Å². The molecule has 1 amide bonds. The number of aliphatic hydroxyl groups is 2. The van der Waals surface area contributed by atoms with Gasteiger partial charge < -0.3 is 25.0 Å². The summed E-state index contributed by atoms with van der Waals surface area (Å²) in [5, 5.41) is 26.3. The molecule has 2 aliphatic carbocycles. The average Bonchev–Trinajstić information content (AvgIpc) is 3.73. The minimum absolute atomic E-state index is 0.00264. The van der Waals surface area contributed by atoms with Crippen LogP contribution in [0.25, 0.3) is 0 Å². The fourth-order valence-electron chi connectivity index (χ4n) is 7.74. The zero-order valence-electron chi connectivity index (χ0n) is 20.7. The quantitative estimate of drug-likeness (QED) is 0.439. The molecule has 3 saturated heterocycles. The van der Waals surface area contributed by atoms with Crippen molar-refractivity contribution < 1.29 is 29.3 Å². The molecule has 1 saturated carbocycles. The van der Waals surface area contributed by atoms with E-state index in [2.05, 4.69) is 31.3 Å². The van der Waals surface area contributed by atoms with Crippen LogP contribution in [0, 0.1) is 29.1 Å². The average molecular weight is 482 g/mol. The molecule has 0 radical (unpaired) electrons. The van der Waals surface area contributed by atoms with Crippen molar-refractivity contribution in [2.45, 2.75) is 82.2 Å². The first kappa shape index (κ1) is 23.3. The maximum Gasteiger partial charge on any atom is 0.230 e. The van der Waals surface area contributed by atoms with Crippen LogP contribution in [0.4, 0.5) is 0 Å². The summed E-state index contributed by atoms with van der Waals surface area (Å²) in [5.41, 5.74) is -2.18. The Morgan fingerprint density at radius 1 is 1.11 bits per heavy atom. The molecule has 1 aromatic carbocycles. The number of epoxide rings is 2. The lowest BCUT2D eigenvalue weighted by Gasteiger charge is -2.49. The first-order valence-electron chi connectivity index (χ1n) is 12.8. The number of ketones is 1. The van der Waals surface area contributed by atoms with Crippen molar-refractivity contribution in [2.75, 3.05) is 0 Å². The van der Waals surface area contributed by atoms with Gasteiger partial charge in [-0.1, -0.05) is 56.3 Å². The number of carbonyl (C=O) groups excluding carboxylic acids is 2. The van der Waals surface area contributed by atoms with Gasteiger partial charge in [0.15, 0.2) is 5.78 Å². The van der Waals surface area contributed by atoms with Gasteiger partial charge in [-0.05, 0) is 38.2 Å². The monoisotopic (exact) mass is 481 g/mol. The second kappa shape index (κ2) is 7.48. The normalized spacial score (nSPS) is 52.3. The van der Waals surface area contributed by atoms with Crippen LogP contribution in [0.15, 0.2) is 42.5 Å². The van der Waals surface area contributed by atoms with Crippen LogP contribution >= 0.6 is 0 Å². The number of aliphatic hydroxyl groups excluding tert-OH is 1. The number of fused-ring (bicyclic) bond motifs is 3. The molecule has 3 N–H and O–H groups in total. The van der Waals surface area contributed by atoms with E-state index in [1.165, 1.54) is 6.92 Å². The van der Waals surface area contributed by atoms with Crippen molar-refractivity contribution >= 4 is 11.7 Å². The zero-order valence-corrected chi connectivity index (χ0v) is 20.7. The van der Waals surface area contributed by atoms with E-state index >= 15 is 0 Å². The molecule has 4 fully saturated rings.